The van der Waals surface area contributed by atoms with Gasteiger partial charge < -0.3 is 4.90 Å². The Labute approximate surface area is 146 Å². The fourth-order valence-corrected chi connectivity index (χ4v) is 3.58. The van der Waals surface area contributed by atoms with Crippen molar-refractivity contribution in [2.75, 3.05) is 13.1 Å². The molecule has 128 valence electrons. The molecule has 1 aliphatic heterocycles. The van der Waals surface area contributed by atoms with Crippen molar-refractivity contribution < 1.29 is 4.79 Å². The smallest absolute Gasteiger partial charge is 0.274 e. The van der Waals surface area contributed by atoms with E-state index in [1.54, 1.807) is 6.20 Å². The predicted molar refractivity (Wildman–Crippen MR) is 95.4 cm³/mol. The molecule has 0 N–H and O–H groups in total. The third-order valence-corrected chi connectivity index (χ3v) is 4.74. The second-order valence-corrected chi connectivity index (χ2v) is 6.66. The summed E-state index contributed by atoms with van der Waals surface area (Å²) >= 11 is 0. The third-order valence-electron chi connectivity index (χ3n) is 4.74. The van der Waals surface area contributed by atoms with Crippen LogP contribution in [0.2, 0.25) is 0 Å². The summed E-state index contributed by atoms with van der Waals surface area (Å²) in [5.74, 6) is -0.0514. The summed E-state index contributed by atoms with van der Waals surface area (Å²) in [7, 11) is 0. The van der Waals surface area contributed by atoms with Gasteiger partial charge >= 0.3 is 0 Å². The van der Waals surface area contributed by atoms with Crippen molar-refractivity contribution in [2.24, 2.45) is 0 Å². The Morgan fingerprint density at radius 2 is 2.00 bits per heavy atom. The molecule has 0 bridgehead atoms. The van der Waals surface area contributed by atoms with E-state index >= 15 is 0 Å². The normalized spacial score (nSPS) is 17.8. The van der Waals surface area contributed by atoms with Crippen LogP contribution in [0, 0.1) is 13.8 Å². The highest BCUT2D eigenvalue weighted by Gasteiger charge is 2.27. The first kappa shape index (κ1) is 15.7. The quantitative estimate of drug-likeness (QED) is 0.722. The van der Waals surface area contributed by atoms with Gasteiger partial charge in [-0.3, -0.25) is 14.5 Å². The summed E-state index contributed by atoms with van der Waals surface area (Å²) in [5, 5.41) is 4.59. The largest absolute Gasteiger partial charge is 0.335 e. The number of hydrogen-bond acceptors (Lipinski definition) is 4. The van der Waals surface area contributed by atoms with Gasteiger partial charge in [-0.1, -0.05) is 12.1 Å². The van der Waals surface area contributed by atoms with E-state index in [1.165, 1.54) is 0 Å². The molecule has 6 nitrogen and oxygen atoms in total. The maximum absolute atomic E-state index is 12.9. The Balaban J connectivity index is 1.57. The molecule has 1 atom stereocenters. The molecule has 0 radical (unpaired) electrons. The van der Waals surface area contributed by atoms with Crippen LogP contribution in [0.4, 0.5) is 0 Å². The van der Waals surface area contributed by atoms with E-state index in [4.69, 9.17) is 0 Å². The zero-order valence-corrected chi connectivity index (χ0v) is 14.5. The van der Waals surface area contributed by atoms with Crippen LogP contribution in [0.3, 0.4) is 0 Å². The molecular weight excluding hydrogens is 314 g/mol. The Bertz CT molecular complexity index is 932. The Hall–Kier alpha value is -2.76. The monoisotopic (exact) mass is 335 g/mol. The number of aryl methyl sites for hydroxylation is 2. The molecule has 25 heavy (non-hydrogen) atoms. The summed E-state index contributed by atoms with van der Waals surface area (Å²) in [5.41, 5.74) is 4.12. The topological polar surface area (TPSA) is 63.9 Å². The maximum Gasteiger partial charge on any atom is 0.274 e. The minimum Gasteiger partial charge on any atom is -0.335 e. The van der Waals surface area contributed by atoms with E-state index in [1.807, 2.05) is 36.1 Å². The highest BCUT2D eigenvalue weighted by Crippen LogP contribution is 2.24. The van der Waals surface area contributed by atoms with E-state index in [0.29, 0.717) is 12.2 Å². The van der Waals surface area contributed by atoms with Gasteiger partial charge in [0, 0.05) is 18.8 Å². The first-order chi connectivity index (χ1) is 12.1. The van der Waals surface area contributed by atoms with E-state index in [2.05, 4.69) is 32.7 Å². The minimum atomic E-state index is -0.0514. The average molecular weight is 335 g/mol. The van der Waals surface area contributed by atoms with Crippen LogP contribution in [0.15, 0.2) is 36.5 Å². The molecule has 3 aromatic rings. The summed E-state index contributed by atoms with van der Waals surface area (Å²) < 4.78 is 2.06. The molecule has 0 spiro atoms. The molecule has 0 unspecified atom stereocenters. The molecule has 1 saturated heterocycles. The molecular formula is C19H21N5O. The number of rotatable bonds is 2. The lowest BCUT2D eigenvalue weighted by Gasteiger charge is -2.33. The van der Waals surface area contributed by atoms with Gasteiger partial charge in [0.1, 0.15) is 5.69 Å². The molecule has 2 aromatic heterocycles. The highest BCUT2D eigenvalue weighted by molar-refractivity contribution is 5.93. The van der Waals surface area contributed by atoms with E-state index in [-0.39, 0.29) is 11.9 Å². The summed E-state index contributed by atoms with van der Waals surface area (Å²) in [6.45, 7) is 5.48. The minimum absolute atomic E-state index is 0.0514. The SMILES string of the molecule is Cc1cc(C)n([C@H]2CCCN(C(=O)c3cnc4ccccc4n3)C2)n1. The standard InChI is InChI=1S/C19H21N5O/c1-13-10-14(2)24(22-13)15-6-5-9-23(12-15)19(25)18-11-20-16-7-3-4-8-17(16)21-18/h3-4,7-8,10-11,15H,5-6,9,12H2,1-2H3/t15-/m0/s1. The number of carbonyl (C=O) groups excluding carboxylic acids is 1. The third kappa shape index (κ3) is 2.99. The van der Waals surface area contributed by atoms with Crippen molar-refractivity contribution in [1.29, 1.82) is 0 Å². The van der Waals surface area contributed by atoms with Crippen molar-refractivity contribution in [3.8, 4) is 0 Å². The van der Waals surface area contributed by atoms with Crippen LogP contribution in [0.25, 0.3) is 11.0 Å². The number of amides is 1. The van der Waals surface area contributed by atoms with Gasteiger partial charge in [-0.2, -0.15) is 5.10 Å². The number of benzene rings is 1. The number of fused-ring (bicyclic) bond motifs is 1. The van der Waals surface area contributed by atoms with Crippen LogP contribution in [0.5, 0.6) is 0 Å². The van der Waals surface area contributed by atoms with E-state index < -0.39 is 0 Å². The second kappa shape index (κ2) is 6.27. The van der Waals surface area contributed by atoms with Crippen molar-refractivity contribution in [1.82, 2.24) is 24.6 Å². The predicted octanol–water partition coefficient (Wildman–Crippen LogP) is 2.92. The van der Waals surface area contributed by atoms with E-state index in [0.717, 1.165) is 41.8 Å². The number of nitrogens with zero attached hydrogens (tertiary/aromatic N) is 5. The van der Waals surface area contributed by atoms with Crippen LogP contribution in [-0.2, 0) is 0 Å². The van der Waals surface area contributed by atoms with Crippen molar-refractivity contribution >= 4 is 16.9 Å². The Morgan fingerprint density at radius 3 is 2.76 bits per heavy atom. The van der Waals surface area contributed by atoms with Gasteiger partial charge in [0.05, 0.1) is 29.0 Å². The number of carbonyl (C=O) groups is 1. The maximum atomic E-state index is 12.9. The Morgan fingerprint density at radius 1 is 1.20 bits per heavy atom. The number of para-hydroxylation sites is 2. The number of piperidine rings is 1. The van der Waals surface area contributed by atoms with Crippen LogP contribution < -0.4 is 0 Å². The lowest BCUT2D eigenvalue weighted by molar-refractivity contribution is 0.0665. The molecule has 6 heteroatoms. The summed E-state index contributed by atoms with van der Waals surface area (Å²) in [4.78, 5) is 23.6. The van der Waals surface area contributed by atoms with Gasteiger partial charge in [0.15, 0.2) is 0 Å². The molecule has 0 aliphatic carbocycles. The van der Waals surface area contributed by atoms with Crippen molar-refractivity contribution in [3.63, 3.8) is 0 Å². The van der Waals surface area contributed by atoms with Gasteiger partial charge in [-0.25, -0.2) is 4.98 Å². The summed E-state index contributed by atoms with van der Waals surface area (Å²) in [6.07, 6.45) is 3.59. The van der Waals surface area contributed by atoms with Crippen molar-refractivity contribution in [3.05, 3.63) is 53.6 Å². The Kier molecular flexibility index (Phi) is 3.95. The number of likely N-dealkylation sites (tertiary alicyclic amines) is 1. The molecule has 1 aromatic carbocycles. The van der Waals surface area contributed by atoms with Crippen molar-refractivity contribution in [2.45, 2.75) is 32.7 Å². The molecule has 0 saturated carbocycles. The second-order valence-electron chi connectivity index (χ2n) is 6.66. The van der Waals surface area contributed by atoms with Crippen LogP contribution >= 0.6 is 0 Å². The van der Waals surface area contributed by atoms with Gasteiger partial charge in [0.25, 0.3) is 5.91 Å². The molecule has 1 aliphatic rings. The van der Waals surface area contributed by atoms with Gasteiger partial charge in [0.2, 0.25) is 0 Å². The molecule has 4 rings (SSSR count). The first-order valence-electron chi connectivity index (χ1n) is 8.65. The molecule has 1 fully saturated rings. The van der Waals surface area contributed by atoms with Crippen LogP contribution in [0.1, 0.15) is 40.8 Å². The zero-order valence-electron chi connectivity index (χ0n) is 14.5. The first-order valence-corrected chi connectivity index (χ1v) is 8.65. The fourth-order valence-electron chi connectivity index (χ4n) is 3.58. The average Bonchev–Trinajstić information content (AvgIpc) is 2.99. The highest BCUT2D eigenvalue weighted by atomic mass is 16.2. The fraction of sp³-hybridized carbons (Fsp3) is 0.368. The number of aromatic nitrogens is 4. The molecule has 1 amide bonds. The van der Waals surface area contributed by atoms with Crippen LogP contribution in [-0.4, -0.2) is 43.6 Å². The zero-order chi connectivity index (χ0) is 17.4. The van der Waals surface area contributed by atoms with Gasteiger partial charge in [-0.15, -0.1) is 0 Å². The lowest BCUT2D eigenvalue weighted by Crippen LogP contribution is -2.41. The van der Waals surface area contributed by atoms with Gasteiger partial charge in [-0.05, 0) is 44.9 Å². The summed E-state index contributed by atoms with van der Waals surface area (Å²) in [6, 6.07) is 9.91. The number of hydrogen-bond donors (Lipinski definition) is 0. The molecule has 3 heterocycles. The lowest BCUT2D eigenvalue weighted by atomic mass is 10.1. The van der Waals surface area contributed by atoms with E-state index in [9.17, 15) is 4.79 Å².